The molecule has 2 aliphatic carbocycles. The Hall–Kier alpha value is -1.56. The van der Waals surface area contributed by atoms with Crippen molar-refractivity contribution in [3.8, 4) is 11.1 Å². The molecule has 0 N–H and O–H groups in total. The van der Waals surface area contributed by atoms with Gasteiger partial charge in [-0.15, -0.1) is 0 Å². The van der Waals surface area contributed by atoms with Crippen LogP contribution in [0.2, 0.25) is 0 Å². The number of benzene rings is 2. The van der Waals surface area contributed by atoms with Crippen molar-refractivity contribution in [3.05, 3.63) is 59.7 Å². The largest absolute Gasteiger partial charge is 0.0654 e. The lowest BCUT2D eigenvalue weighted by molar-refractivity contribution is 0.302. The highest BCUT2D eigenvalue weighted by atomic mass is 14.3. The van der Waals surface area contributed by atoms with Crippen molar-refractivity contribution in [2.75, 3.05) is 0 Å². The van der Waals surface area contributed by atoms with Crippen molar-refractivity contribution in [1.82, 2.24) is 0 Å². The van der Waals surface area contributed by atoms with E-state index < -0.39 is 0 Å². The summed E-state index contributed by atoms with van der Waals surface area (Å²) in [4.78, 5) is 0. The zero-order valence-electron chi connectivity index (χ0n) is 23.7. The minimum atomic E-state index is 0.787. The second-order valence-electron chi connectivity index (χ2n) is 12.4. The maximum Gasteiger partial charge on any atom is -0.0162 e. The van der Waals surface area contributed by atoms with Gasteiger partial charge in [0, 0.05) is 0 Å². The Morgan fingerprint density at radius 3 is 1.28 bits per heavy atom. The molecule has 0 nitrogen and oxygen atoms in total. The summed E-state index contributed by atoms with van der Waals surface area (Å²) >= 11 is 0. The Morgan fingerprint density at radius 2 is 0.833 bits per heavy atom. The van der Waals surface area contributed by atoms with Crippen LogP contribution in [0.15, 0.2) is 48.5 Å². The van der Waals surface area contributed by atoms with E-state index >= 15 is 0 Å². The first-order chi connectivity index (χ1) is 17.8. The van der Waals surface area contributed by atoms with Crippen molar-refractivity contribution >= 4 is 0 Å². The van der Waals surface area contributed by atoms with Crippen LogP contribution < -0.4 is 0 Å². The van der Waals surface area contributed by atoms with Gasteiger partial charge in [-0.05, 0) is 97.3 Å². The summed E-state index contributed by atoms with van der Waals surface area (Å²) in [7, 11) is 0. The fraction of sp³-hybridized carbons (Fsp3) is 0.667. The van der Waals surface area contributed by atoms with Crippen LogP contribution in [0.4, 0.5) is 0 Å². The molecule has 0 saturated heterocycles. The molecule has 2 saturated carbocycles. The van der Waals surface area contributed by atoms with E-state index in [1.54, 1.807) is 11.1 Å². The van der Waals surface area contributed by atoms with Gasteiger partial charge >= 0.3 is 0 Å². The van der Waals surface area contributed by atoms with E-state index in [1.165, 1.54) is 127 Å². The van der Waals surface area contributed by atoms with Crippen molar-refractivity contribution < 1.29 is 0 Å². The van der Waals surface area contributed by atoms with Crippen molar-refractivity contribution in [2.24, 2.45) is 11.8 Å². The van der Waals surface area contributed by atoms with Gasteiger partial charge in [0.05, 0.1) is 0 Å². The standard InChI is InChI=1S/C36H54/c1-3-5-7-8-9-10-12-30-15-19-32(20-16-30)34-23-27-36(28-24-34)35-25-21-33(22-26-35)31-17-13-29(14-18-31)11-6-4-2/h21-32H,3-20H2,1-2H3. The fourth-order valence-corrected chi connectivity index (χ4v) is 7.17. The SMILES string of the molecule is CCCCCCCCC1CCC(c2ccc(-c3ccc(C4CCC(CCCC)CC4)cc3)cc2)CC1. The predicted octanol–water partition coefficient (Wildman–Crippen LogP) is 11.8. The molecule has 198 valence electrons. The van der Waals surface area contributed by atoms with Gasteiger partial charge in [0.1, 0.15) is 0 Å². The van der Waals surface area contributed by atoms with Gasteiger partial charge in [0.15, 0.2) is 0 Å². The summed E-state index contributed by atoms with van der Waals surface area (Å²) in [5.74, 6) is 3.57. The van der Waals surface area contributed by atoms with E-state index in [-0.39, 0.29) is 0 Å². The van der Waals surface area contributed by atoms with Gasteiger partial charge in [-0.25, -0.2) is 0 Å². The van der Waals surface area contributed by atoms with Gasteiger partial charge in [-0.1, -0.05) is 127 Å². The lowest BCUT2D eigenvalue weighted by Gasteiger charge is -2.29. The van der Waals surface area contributed by atoms with E-state index in [9.17, 15) is 0 Å². The van der Waals surface area contributed by atoms with Crippen molar-refractivity contribution in [3.63, 3.8) is 0 Å². The topological polar surface area (TPSA) is 0 Å². The first-order valence-electron chi connectivity index (χ1n) is 16.0. The van der Waals surface area contributed by atoms with Crippen molar-refractivity contribution in [1.29, 1.82) is 0 Å². The Labute approximate surface area is 223 Å². The Balaban J connectivity index is 1.20. The van der Waals surface area contributed by atoms with E-state index in [4.69, 9.17) is 0 Å². The molecule has 2 aliphatic rings. The highest BCUT2D eigenvalue weighted by Crippen LogP contribution is 2.40. The third kappa shape index (κ3) is 8.22. The molecule has 2 aromatic carbocycles. The first-order valence-corrected chi connectivity index (χ1v) is 16.0. The predicted molar refractivity (Wildman–Crippen MR) is 159 cm³/mol. The van der Waals surface area contributed by atoms with Crippen LogP contribution in [0.25, 0.3) is 11.1 Å². The molecule has 0 atom stereocenters. The van der Waals surface area contributed by atoms with Crippen LogP contribution in [-0.2, 0) is 0 Å². The monoisotopic (exact) mass is 486 g/mol. The zero-order valence-corrected chi connectivity index (χ0v) is 23.7. The summed E-state index contributed by atoms with van der Waals surface area (Å²) in [5, 5.41) is 0. The van der Waals surface area contributed by atoms with Crippen LogP contribution in [-0.4, -0.2) is 0 Å². The first kappa shape index (κ1) is 27.5. The number of rotatable bonds is 13. The van der Waals surface area contributed by atoms with Crippen LogP contribution in [0, 0.1) is 11.8 Å². The minimum absolute atomic E-state index is 0.787. The zero-order chi connectivity index (χ0) is 25.0. The van der Waals surface area contributed by atoms with Crippen LogP contribution in [0.1, 0.15) is 152 Å². The molecule has 0 heterocycles. The highest BCUT2D eigenvalue weighted by Gasteiger charge is 2.23. The van der Waals surface area contributed by atoms with E-state index in [0.717, 1.165) is 23.7 Å². The fourth-order valence-electron chi connectivity index (χ4n) is 7.17. The molecule has 2 fully saturated rings. The van der Waals surface area contributed by atoms with E-state index in [1.807, 2.05) is 0 Å². The highest BCUT2D eigenvalue weighted by molar-refractivity contribution is 5.64. The quantitative estimate of drug-likeness (QED) is 0.247. The average Bonchev–Trinajstić information content (AvgIpc) is 2.95. The van der Waals surface area contributed by atoms with Crippen LogP contribution in [0.3, 0.4) is 0 Å². The maximum atomic E-state index is 2.43. The molecular weight excluding hydrogens is 432 g/mol. The second-order valence-corrected chi connectivity index (χ2v) is 12.4. The lowest BCUT2D eigenvalue weighted by Crippen LogP contribution is -2.13. The molecule has 0 spiro atoms. The molecule has 0 heteroatoms. The minimum Gasteiger partial charge on any atom is -0.0654 e. The van der Waals surface area contributed by atoms with Crippen molar-refractivity contribution in [2.45, 2.75) is 141 Å². The molecule has 0 amide bonds. The normalized spacial score (nSPS) is 24.6. The summed E-state index contributed by atoms with van der Waals surface area (Å²) in [6, 6.07) is 19.2. The Morgan fingerprint density at radius 1 is 0.444 bits per heavy atom. The summed E-state index contributed by atoms with van der Waals surface area (Å²) in [5.41, 5.74) is 5.91. The van der Waals surface area contributed by atoms with Gasteiger partial charge in [0.2, 0.25) is 0 Å². The van der Waals surface area contributed by atoms with E-state index in [0.29, 0.717) is 0 Å². The summed E-state index contributed by atoms with van der Waals surface area (Å²) in [6.07, 6.45) is 25.7. The molecule has 0 aromatic heterocycles. The molecule has 36 heavy (non-hydrogen) atoms. The Bertz CT molecular complexity index is 829. The third-order valence-corrected chi connectivity index (χ3v) is 9.72. The third-order valence-electron chi connectivity index (χ3n) is 9.72. The number of hydrogen-bond donors (Lipinski definition) is 0. The van der Waals surface area contributed by atoms with E-state index in [2.05, 4.69) is 62.4 Å². The van der Waals surface area contributed by atoms with Gasteiger partial charge in [-0.2, -0.15) is 0 Å². The van der Waals surface area contributed by atoms with Gasteiger partial charge < -0.3 is 0 Å². The number of hydrogen-bond acceptors (Lipinski definition) is 0. The van der Waals surface area contributed by atoms with Gasteiger partial charge in [0.25, 0.3) is 0 Å². The van der Waals surface area contributed by atoms with Crippen LogP contribution >= 0.6 is 0 Å². The molecule has 0 radical (unpaired) electrons. The molecule has 0 bridgehead atoms. The van der Waals surface area contributed by atoms with Gasteiger partial charge in [-0.3, -0.25) is 0 Å². The molecular formula is C36H54. The average molecular weight is 487 g/mol. The lowest BCUT2D eigenvalue weighted by atomic mass is 9.76. The molecule has 0 aliphatic heterocycles. The second kappa shape index (κ2) is 15.0. The Kier molecular flexibility index (Phi) is 11.4. The number of unbranched alkanes of at least 4 members (excludes halogenated alkanes) is 6. The molecule has 0 unspecified atom stereocenters. The molecule has 2 aromatic rings. The summed E-state index contributed by atoms with van der Waals surface area (Å²) < 4.78 is 0. The molecule has 4 rings (SSSR count). The smallest absolute Gasteiger partial charge is 0.0162 e. The van der Waals surface area contributed by atoms with Crippen LogP contribution in [0.5, 0.6) is 0 Å². The summed E-state index contributed by atoms with van der Waals surface area (Å²) in [6.45, 7) is 4.63. The maximum absolute atomic E-state index is 2.43.